The van der Waals surface area contributed by atoms with Crippen LogP contribution in [-0.2, 0) is 17.8 Å². The number of benzene rings is 1. The van der Waals surface area contributed by atoms with Crippen molar-refractivity contribution in [3.05, 3.63) is 30.0 Å². The maximum absolute atomic E-state index is 10.8. The van der Waals surface area contributed by atoms with Gasteiger partial charge in [0.15, 0.2) is 0 Å². The standard InChI is InChI=1S/C13H16N2O3/c1-18-10-2-3-11-9(6-13(16)17)8-15(5-4-14)12(11)7-10/h2-3,7-8H,4-6,14H2,1H3,(H,16,17). The minimum Gasteiger partial charge on any atom is -0.497 e. The zero-order valence-electron chi connectivity index (χ0n) is 10.2. The molecule has 1 aromatic carbocycles. The average Bonchev–Trinajstić information content (AvgIpc) is 2.67. The predicted molar refractivity (Wildman–Crippen MR) is 68.9 cm³/mol. The van der Waals surface area contributed by atoms with Crippen molar-refractivity contribution in [2.75, 3.05) is 13.7 Å². The first-order valence-corrected chi connectivity index (χ1v) is 5.73. The van der Waals surface area contributed by atoms with Crippen LogP contribution in [0.5, 0.6) is 5.75 Å². The van der Waals surface area contributed by atoms with E-state index in [0.717, 1.165) is 22.2 Å². The molecule has 5 heteroatoms. The average molecular weight is 248 g/mol. The molecule has 1 aromatic heterocycles. The van der Waals surface area contributed by atoms with Crippen LogP contribution in [0, 0.1) is 0 Å². The lowest BCUT2D eigenvalue weighted by molar-refractivity contribution is -0.136. The van der Waals surface area contributed by atoms with Crippen molar-refractivity contribution >= 4 is 16.9 Å². The van der Waals surface area contributed by atoms with E-state index in [9.17, 15) is 4.79 Å². The number of ether oxygens (including phenoxy) is 1. The topological polar surface area (TPSA) is 77.5 Å². The van der Waals surface area contributed by atoms with Crippen LogP contribution in [0.4, 0.5) is 0 Å². The number of carbonyl (C=O) groups is 1. The first-order valence-electron chi connectivity index (χ1n) is 5.73. The molecule has 0 bridgehead atoms. The molecular formula is C13H16N2O3. The Morgan fingerprint density at radius 2 is 2.28 bits per heavy atom. The van der Waals surface area contributed by atoms with E-state index in [1.807, 2.05) is 29.0 Å². The van der Waals surface area contributed by atoms with Gasteiger partial charge in [0, 0.05) is 30.7 Å². The van der Waals surface area contributed by atoms with Gasteiger partial charge in [0.25, 0.3) is 0 Å². The van der Waals surface area contributed by atoms with Crippen LogP contribution in [-0.4, -0.2) is 29.3 Å². The summed E-state index contributed by atoms with van der Waals surface area (Å²) < 4.78 is 7.15. The number of methoxy groups -OCH3 is 1. The van der Waals surface area contributed by atoms with Crippen molar-refractivity contribution in [1.29, 1.82) is 0 Å². The molecule has 2 aromatic rings. The fourth-order valence-corrected chi connectivity index (χ4v) is 2.10. The molecule has 1 heterocycles. The molecular weight excluding hydrogens is 232 g/mol. The summed E-state index contributed by atoms with van der Waals surface area (Å²) in [6.07, 6.45) is 1.87. The fraction of sp³-hybridized carbons (Fsp3) is 0.308. The lowest BCUT2D eigenvalue weighted by Crippen LogP contribution is -2.08. The molecule has 0 spiro atoms. The Kier molecular flexibility index (Phi) is 3.53. The number of nitrogens with two attached hydrogens (primary N) is 1. The van der Waals surface area contributed by atoms with Crippen LogP contribution in [0.15, 0.2) is 24.4 Å². The van der Waals surface area contributed by atoms with E-state index in [4.69, 9.17) is 15.6 Å². The molecule has 3 N–H and O–H groups in total. The van der Waals surface area contributed by atoms with Crippen LogP contribution < -0.4 is 10.5 Å². The molecule has 0 aliphatic carbocycles. The third kappa shape index (κ3) is 2.31. The van der Waals surface area contributed by atoms with Gasteiger partial charge < -0.3 is 20.1 Å². The van der Waals surface area contributed by atoms with Crippen molar-refractivity contribution in [3.63, 3.8) is 0 Å². The lowest BCUT2D eigenvalue weighted by Gasteiger charge is -2.04. The number of carboxylic acids is 1. The van der Waals surface area contributed by atoms with Crippen LogP contribution in [0.2, 0.25) is 0 Å². The van der Waals surface area contributed by atoms with Crippen LogP contribution in [0.25, 0.3) is 10.9 Å². The molecule has 2 rings (SSSR count). The number of aliphatic carboxylic acids is 1. The summed E-state index contributed by atoms with van der Waals surface area (Å²) in [6.45, 7) is 1.16. The summed E-state index contributed by atoms with van der Waals surface area (Å²) in [5.41, 5.74) is 7.32. The second kappa shape index (κ2) is 5.10. The van der Waals surface area contributed by atoms with E-state index >= 15 is 0 Å². The van der Waals surface area contributed by atoms with Gasteiger partial charge >= 0.3 is 5.97 Å². The number of hydrogen-bond acceptors (Lipinski definition) is 3. The van der Waals surface area contributed by atoms with Crippen molar-refractivity contribution < 1.29 is 14.6 Å². The second-order valence-electron chi connectivity index (χ2n) is 4.09. The summed E-state index contributed by atoms with van der Waals surface area (Å²) in [5, 5.41) is 9.84. The highest BCUT2D eigenvalue weighted by Crippen LogP contribution is 2.26. The van der Waals surface area contributed by atoms with Gasteiger partial charge in [-0.2, -0.15) is 0 Å². The Labute approximate surface area is 105 Å². The van der Waals surface area contributed by atoms with Gasteiger partial charge in [0.05, 0.1) is 19.0 Å². The number of hydrogen-bond donors (Lipinski definition) is 2. The highest BCUT2D eigenvalue weighted by atomic mass is 16.5. The molecule has 5 nitrogen and oxygen atoms in total. The number of carboxylic acid groups (broad SMARTS) is 1. The van der Waals surface area contributed by atoms with Crippen LogP contribution >= 0.6 is 0 Å². The monoisotopic (exact) mass is 248 g/mol. The maximum Gasteiger partial charge on any atom is 0.307 e. The number of fused-ring (bicyclic) bond motifs is 1. The largest absolute Gasteiger partial charge is 0.497 e. The van der Waals surface area contributed by atoms with E-state index in [1.54, 1.807) is 7.11 Å². The molecule has 0 amide bonds. The van der Waals surface area contributed by atoms with Gasteiger partial charge in [-0.15, -0.1) is 0 Å². The summed E-state index contributed by atoms with van der Waals surface area (Å²) in [4.78, 5) is 10.8. The van der Waals surface area contributed by atoms with Gasteiger partial charge in [0.2, 0.25) is 0 Å². The number of aromatic nitrogens is 1. The van der Waals surface area contributed by atoms with Gasteiger partial charge in [-0.05, 0) is 17.7 Å². The van der Waals surface area contributed by atoms with Crippen molar-refractivity contribution in [2.24, 2.45) is 5.73 Å². The second-order valence-corrected chi connectivity index (χ2v) is 4.09. The molecule has 0 aliphatic rings. The van der Waals surface area contributed by atoms with E-state index in [1.165, 1.54) is 0 Å². The molecule has 0 saturated carbocycles. The first-order chi connectivity index (χ1) is 8.65. The van der Waals surface area contributed by atoms with Crippen molar-refractivity contribution in [3.8, 4) is 5.75 Å². The van der Waals surface area contributed by atoms with E-state index in [0.29, 0.717) is 13.1 Å². The summed E-state index contributed by atoms with van der Waals surface area (Å²) >= 11 is 0. The third-order valence-electron chi connectivity index (χ3n) is 2.88. The maximum atomic E-state index is 10.8. The first kappa shape index (κ1) is 12.4. The zero-order valence-corrected chi connectivity index (χ0v) is 10.2. The minimum absolute atomic E-state index is 0.0143. The van der Waals surface area contributed by atoms with E-state index in [2.05, 4.69) is 0 Å². The van der Waals surface area contributed by atoms with Crippen LogP contribution in [0.1, 0.15) is 5.56 Å². The van der Waals surface area contributed by atoms with Gasteiger partial charge in [-0.25, -0.2) is 0 Å². The van der Waals surface area contributed by atoms with Crippen molar-refractivity contribution in [1.82, 2.24) is 4.57 Å². The van der Waals surface area contributed by atoms with E-state index in [-0.39, 0.29) is 6.42 Å². The summed E-state index contributed by atoms with van der Waals surface area (Å²) in [7, 11) is 1.61. The van der Waals surface area contributed by atoms with Gasteiger partial charge in [0.1, 0.15) is 5.75 Å². The molecule has 0 atom stereocenters. The van der Waals surface area contributed by atoms with Crippen molar-refractivity contribution in [2.45, 2.75) is 13.0 Å². The molecule has 18 heavy (non-hydrogen) atoms. The highest BCUT2D eigenvalue weighted by molar-refractivity contribution is 5.88. The molecule has 0 fully saturated rings. The fourth-order valence-electron chi connectivity index (χ4n) is 2.10. The Balaban J connectivity index is 2.56. The van der Waals surface area contributed by atoms with Gasteiger partial charge in [-0.3, -0.25) is 4.79 Å². The van der Waals surface area contributed by atoms with Crippen LogP contribution in [0.3, 0.4) is 0 Å². The molecule has 0 radical (unpaired) electrons. The molecule has 96 valence electrons. The summed E-state index contributed by atoms with van der Waals surface area (Å²) in [5.74, 6) is -0.0848. The number of rotatable bonds is 5. The SMILES string of the molecule is COc1ccc2c(CC(=O)O)cn(CCN)c2c1. The molecule has 0 aliphatic heterocycles. The Morgan fingerprint density at radius 3 is 2.89 bits per heavy atom. The van der Waals surface area contributed by atoms with E-state index < -0.39 is 5.97 Å². The highest BCUT2D eigenvalue weighted by Gasteiger charge is 2.11. The number of nitrogens with zero attached hydrogens (tertiary/aromatic N) is 1. The Bertz CT molecular complexity index is 575. The summed E-state index contributed by atoms with van der Waals surface area (Å²) in [6, 6.07) is 5.62. The predicted octanol–water partition coefficient (Wildman–Crippen LogP) is 1.24. The Morgan fingerprint density at radius 1 is 1.50 bits per heavy atom. The lowest BCUT2D eigenvalue weighted by atomic mass is 10.1. The molecule has 0 unspecified atom stereocenters. The normalized spacial score (nSPS) is 10.8. The molecule has 0 saturated heterocycles. The zero-order chi connectivity index (χ0) is 13.1. The third-order valence-corrected chi connectivity index (χ3v) is 2.88. The smallest absolute Gasteiger partial charge is 0.307 e. The van der Waals surface area contributed by atoms with Gasteiger partial charge in [-0.1, -0.05) is 0 Å². The quantitative estimate of drug-likeness (QED) is 0.834. The Hall–Kier alpha value is -2.01. The minimum atomic E-state index is -0.836.